The number of rotatable bonds is 5. The number of amides is 1. The number of nitro groups is 1. The lowest BCUT2D eigenvalue weighted by Gasteiger charge is -2.07. The summed E-state index contributed by atoms with van der Waals surface area (Å²) in [6.45, 7) is 0. The highest BCUT2D eigenvalue weighted by molar-refractivity contribution is 6.30. The van der Waals surface area contributed by atoms with Crippen molar-refractivity contribution >= 4 is 34.6 Å². The van der Waals surface area contributed by atoms with Crippen LogP contribution in [0.3, 0.4) is 0 Å². The number of aromatic hydroxyl groups is 1. The van der Waals surface area contributed by atoms with Gasteiger partial charge < -0.3 is 15.7 Å². The van der Waals surface area contributed by atoms with E-state index in [0.29, 0.717) is 5.02 Å². The fourth-order valence-corrected chi connectivity index (χ4v) is 1.99. The van der Waals surface area contributed by atoms with Crippen LogP contribution in [0, 0.1) is 21.4 Å². The lowest BCUT2D eigenvalue weighted by Crippen LogP contribution is -2.14. The second kappa shape index (κ2) is 7.81. The lowest BCUT2D eigenvalue weighted by molar-refractivity contribution is -0.384. The normalized spacial score (nSPS) is 10.6. The fraction of sp³-hybridized carbons (Fsp3) is 0. The number of benzene rings is 2. The molecule has 2 aromatic carbocycles. The number of nitrogens with zero attached hydrogens (tertiary/aromatic N) is 2. The van der Waals surface area contributed by atoms with Crippen molar-refractivity contribution in [1.82, 2.24) is 0 Å². The molecule has 0 aliphatic heterocycles. The van der Waals surface area contributed by atoms with E-state index in [4.69, 9.17) is 16.9 Å². The third kappa shape index (κ3) is 4.70. The Hall–Kier alpha value is -3.57. The number of carbonyl (C=O) groups is 1. The summed E-state index contributed by atoms with van der Waals surface area (Å²) in [6, 6.07) is 11.3. The molecule has 0 spiro atoms. The molecule has 25 heavy (non-hydrogen) atoms. The molecule has 0 unspecified atom stereocenters. The molecule has 8 nitrogen and oxygen atoms in total. The molecule has 0 heterocycles. The van der Waals surface area contributed by atoms with E-state index >= 15 is 0 Å². The van der Waals surface area contributed by atoms with Crippen LogP contribution in [0.2, 0.25) is 5.02 Å². The van der Waals surface area contributed by atoms with Gasteiger partial charge in [-0.25, -0.2) is 0 Å². The smallest absolute Gasteiger partial charge is 0.271 e. The van der Waals surface area contributed by atoms with Crippen molar-refractivity contribution in [3.63, 3.8) is 0 Å². The van der Waals surface area contributed by atoms with Gasteiger partial charge in [0, 0.05) is 29.0 Å². The molecule has 126 valence electrons. The zero-order chi connectivity index (χ0) is 18.4. The Balaban J connectivity index is 2.15. The Bertz CT molecular complexity index is 905. The van der Waals surface area contributed by atoms with Crippen LogP contribution >= 0.6 is 11.6 Å². The molecule has 0 aliphatic rings. The summed E-state index contributed by atoms with van der Waals surface area (Å²) in [4.78, 5) is 22.2. The maximum Gasteiger partial charge on any atom is 0.271 e. The molecule has 0 saturated carbocycles. The van der Waals surface area contributed by atoms with Gasteiger partial charge in [-0.15, -0.1) is 0 Å². The maximum atomic E-state index is 12.1. The van der Waals surface area contributed by atoms with Crippen molar-refractivity contribution in [3.05, 3.63) is 69.4 Å². The van der Waals surface area contributed by atoms with E-state index in [9.17, 15) is 20.0 Å². The van der Waals surface area contributed by atoms with Crippen molar-refractivity contribution in [2.75, 3.05) is 10.6 Å². The van der Waals surface area contributed by atoms with Gasteiger partial charge in [0.2, 0.25) is 0 Å². The Morgan fingerprint density at radius 2 is 2.08 bits per heavy atom. The first-order valence-corrected chi connectivity index (χ1v) is 7.19. The summed E-state index contributed by atoms with van der Waals surface area (Å²) < 4.78 is 0. The Morgan fingerprint density at radius 3 is 2.76 bits per heavy atom. The van der Waals surface area contributed by atoms with E-state index in [1.807, 2.05) is 0 Å². The number of hydrogen-bond donors (Lipinski definition) is 3. The average molecular weight is 359 g/mol. The summed E-state index contributed by atoms with van der Waals surface area (Å²) in [5.41, 5.74) is -0.109. The van der Waals surface area contributed by atoms with Gasteiger partial charge in [-0.3, -0.25) is 14.9 Å². The van der Waals surface area contributed by atoms with E-state index in [-0.39, 0.29) is 28.4 Å². The van der Waals surface area contributed by atoms with Crippen LogP contribution in [0.25, 0.3) is 0 Å². The van der Waals surface area contributed by atoms with Crippen LogP contribution < -0.4 is 10.6 Å². The summed E-state index contributed by atoms with van der Waals surface area (Å²) >= 11 is 5.81. The van der Waals surface area contributed by atoms with Gasteiger partial charge in [0.25, 0.3) is 11.6 Å². The van der Waals surface area contributed by atoms with Crippen molar-refractivity contribution < 1.29 is 14.8 Å². The monoisotopic (exact) mass is 358 g/mol. The quantitative estimate of drug-likeness (QED) is 0.247. The first-order valence-electron chi connectivity index (χ1n) is 6.82. The van der Waals surface area contributed by atoms with Crippen LogP contribution in [0.4, 0.5) is 17.1 Å². The number of non-ortho nitro benzene ring substituents is 1. The van der Waals surface area contributed by atoms with Crippen LogP contribution in [0.5, 0.6) is 5.75 Å². The fourth-order valence-electron chi connectivity index (χ4n) is 1.82. The predicted molar refractivity (Wildman–Crippen MR) is 92.2 cm³/mol. The molecular weight excluding hydrogens is 348 g/mol. The number of nitro benzene ring substituents is 1. The molecule has 0 bridgehead atoms. The number of anilines is 2. The third-order valence-electron chi connectivity index (χ3n) is 3.01. The van der Waals surface area contributed by atoms with E-state index in [1.165, 1.54) is 42.5 Å². The van der Waals surface area contributed by atoms with Crippen LogP contribution in [-0.2, 0) is 4.79 Å². The molecule has 0 saturated heterocycles. The highest BCUT2D eigenvalue weighted by Crippen LogP contribution is 2.26. The minimum atomic E-state index is -0.767. The van der Waals surface area contributed by atoms with E-state index < -0.39 is 10.8 Å². The van der Waals surface area contributed by atoms with E-state index in [0.717, 1.165) is 6.20 Å². The number of halogens is 1. The van der Waals surface area contributed by atoms with Crippen molar-refractivity contribution in [2.24, 2.45) is 0 Å². The minimum Gasteiger partial charge on any atom is -0.506 e. The largest absolute Gasteiger partial charge is 0.506 e. The highest BCUT2D eigenvalue weighted by atomic mass is 35.5. The lowest BCUT2D eigenvalue weighted by atomic mass is 10.2. The average Bonchev–Trinajstić information content (AvgIpc) is 2.58. The van der Waals surface area contributed by atoms with Gasteiger partial charge in [-0.1, -0.05) is 17.7 Å². The summed E-state index contributed by atoms with van der Waals surface area (Å²) in [7, 11) is 0. The first-order chi connectivity index (χ1) is 11.9. The molecule has 0 fully saturated rings. The molecule has 0 aromatic heterocycles. The minimum absolute atomic E-state index is 0.114. The van der Waals surface area contributed by atoms with Crippen molar-refractivity contribution in [2.45, 2.75) is 0 Å². The van der Waals surface area contributed by atoms with Crippen LogP contribution in [-0.4, -0.2) is 15.9 Å². The van der Waals surface area contributed by atoms with Crippen molar-refractivity contribution in [1.29, 1.82) is 5.26 Å². The zero-order valence-electron chi connectivity index (χ0n) is 12.6. The molecule has 9 heteroatoms. The van der Waals surface area contributed by atoms with Gasteiger partial charge in [0.1, 0.15) is 17.4 Å². The zero-order valence-corrected chi connectivity index (χ0v) is 13.3. The van der Waals surface area contributed by atoms with Gasteiger partial charge in [-0.05, 0) is 24.3 Å². The predicted octanol–water partition coefficient (Wildman–Crippen LogP) is 3.41. The first kappa shape index (κ1) is 17.8. The third-order valence-corrected chi connectivity index (χ3v) is 3.25. The summed E-state index contributed by atoms with van der Waals surface area (Å²) in [5.74, 6) is -0.881. The number of carbonyl (C=O) groups excluding carboxylic acids is 1. The molecule has 2 aromatic rings. The summed E-state index contributed by atoms with van der Waals surface area (Å²) in [6.07, 6.45) is 1.10. The Kier molecular flexibility index (Phi) is 5.55. The number of nitriles is 1. The number of phenols is 1. The molecule has 0 atom stereocenters. The van der Waals surface area contributed by atoms with Gasteiger partial charge in [0.15, 0.2) is 0 Å². The topological polar surface area (TPSA) is 128 Å². The molecule has 0 aliphatic carbocycles. The van der Waals surface area contributed by atoms with Crippen LogP contribution in [0.15, 0.2) is 54.2 Å². The van der Waals surface area contributed by atoms with Crippen LogP contribution in [0.1, 0.15) is 0 Å². The molecule has 1 amide bonds. The number of phenolic OH excluding ortho intramolecular Hbond substituents is 1. The highest BCUT2D eigenvalue weighted by Gasteiger charge is 2.12. The molecule has 2 rings (SSSR count). The van der Waals surface area contributed by atoms with Gasteiger partial charge in [-0.2, -0.15) is 5.26 Å². The second-order valence-corrected chi connectivity index (χ2v) is 5.17. The maximum absolute atomic E-state index is 12.1. The number of nitrogens with one attached hydrogen (secondary N) is 2. The summed E-state index contributed by atoms with van der Waals surface area (Å²) in [5, 5.41) is 34.9. The molecular formula is C16H11ClN4O4. The SMILES string of the molecule is N#C/C(=C/Nc1cc(Cl)ccc1O)C(=O)Nc1cccc([N+](=O)[O-])c1. The molecule has 0 radical (unpaired) electrons. The Morgan fingerprint density at radius 1 is 1.32 bits per heavy atom. The Labute approximate surface area is 147 Å². The second-order valence-electron chi connectivity index (χ2n) is 4.74. The van der Waals surface area contributed by atoms with Gasteiger partial charge >= 0.3 is 0 Å². The van der Waals surface area contributed by atoms with E-state index in [1.54, 1.807) is 6.07 Å². The molecule has 3 N–H and O–H groups in total. The number of hydrogen-bond acceptors (Lipinski definition) is 6. The van der Waals surface area contributed by atoms with Crippen molar-refractivity contribution in [3.8, 4) is 11.8 Å². The van der Waals surface area contributed by atoms with Gasteiger partial charge in [0.05, 0.1) is 10.6 Å². The standard InChI is InChI=1S/C16H11ClN4O4/c17-11-4-5-15(22)14(6-11)19-9-10(8-18)16(23)20-12-2-1-3-13(7-12)21(24)25/h1-7,9,19,22H,(H,20,23)/b10-9-. The van der Waals surface area contributed by atoms with E-state index in [2.05, 4.69) is 10.6 Å².